The number of aromatic hydroxyl groups is 1. The number of nitrogens with zero attached hydrogens (tertiary/aromatic N) is 1. The predicted molar refractivity (Wildman–Crippen MR) is 69.6 cm³/mol. The van der Waals surface area contributed by atoms with Gasteiger partial charge in [-0.25, -0.2) is 8.42 Å². The molecule has 104 valence electrons. The number of carbonyl (C=O) groups is 1. The van der Waals surface area contributed by atoms with Gasteiger partial charge < -0.3 is 9.84 Å². The Bertz CT molecular complexity index is 596. The molecule has 1 aromatic rings. The van der Waals surface area contributed by atoms with Crippen molar-refractivity contribution < 1.29 is 23.1 Å². The number of anilines is 1. The van der Waals surface area contributed by atoms with E-state index < -0.39 is 21.7 Å². The van der Waals surface area contributed by atoms with Crippen LogP contribution in [0.25, 0.3) is 0 Å². The molecule has 0 saturated carbocycles. The Morgan fingerprint density at radius 2 is 2.21 bits per heavy atom. The van der Waals surface area contributed by atoms with E-state index in [2.05, 4.69) is 4.74 Å². The zero-order valence-corrected chi connectivity index (χ0v) is 11.3. The largest absolute Gasteiger partial charge is 0.506 e. The maximum Gasteiger partial charge on any atom is 0.322 e. The molecule has 0 radical (unpaired) electrons. The highest BCUT2D eigenvalue weighted by molar-refractivity contribution is 7.93. The summed E-state index contributed by atoms with van der Waals surface area (Å²) >= 11 is 0. The lowest BCUT2D eigenvalue weighted by Crippen LogP contribution is -2.39. The third kappa shape index (κ3) is 2.65. The minimum absolute atomic E-state index is 0.0920. The normalized spacial score (nSPS) is 14.9. The molecule has 1 aliphatic heterocycles. The summed E-state index contributed by atoms with van der Waals surface area (Å²) in [5.74, 6) is -1.63. The van der Waals surface area contributed by atoms with Crippen molar-refractivity contribution in [2.75, 3.05) is 23.7 Å². The lowest BCUT2D eigenvalue weighted by molar-refractivity contribution is -0.137. The molecule has 0 fully saturated rings. The van der Waals surface area contributed by atoms with Crippen molar-refractivity contribution in [1.29, 1.82) is 0 Å². The number of sulfonamides is 1. The van der Waals surface area contributed by atoms with Gasteiger partial charge in [0.2, 0.25) is 10.0 Å². The Hall–Kier alpha value is -1.76. The molecule has 19 heavy (non-hydrogen) atoms. The smallest absolute Gasteiger partial charge is 0.322 e. The van der Waals surface area contributed by atoms with Gasteiger partial charge in [0.15, 0.2) is 5.75 Å². The van der Waals surface area contributed by atoms with Gasteiger partial charge in [0.1, 0.15) is 5.75 Å². The van der Waals surface area contributed by atoms with Crippen molar-refractivity contribution in [2.45, 2.75) is 12.8 Å². The van der Waals surface area contributed by atoms with Gasteiger partial charge in [0.05, 0.1) is 12.8 Å². The lowest BCUT2D eigenvalue weighted by Gasteiger charge is -2.30. The summed E-state index contributed by atoms with van der Waals surface area (Å²) < 4.78 is 29.9. The molecule has 0 saturated heterocycles. The molecule has 0 unspecified atom stereocenters. The second-order valence-electron chi connectivity index (χ2n) is 4.29. The maximum atomic E-state index is 12.2. The van der Waals surface area contributed by atoms with Gasteiger partial charge in [0, 0.05) is 6.54 Å². The summed E-state index contributed by atoms with van der Waals surface area (Å²) in [6, 6.07) is 4.88. The number of hydrogen-bond acceptors (Lipinski definition) is 5. The highest BCUT2D eigenvalue weighted by Gasteiger charge is 2.31. The average Bonchev–Trinajstić information content (AvgIpc) is 2.38. The molecule has 6 nitrogen and oxygen atoms in total. The molecule has 0 aliphatic carbocycles. The molecule has 7 heteroatoms. The van der Waals surface area contributed by atoms with Gasteiger partial charge in [-0.1, -0.05) is 12.1 Å². The number of carbonyl (C=O) groups excluding carboxylic acids is 1. The van der Waals surface area contributed by atoms with Crippen molar-refractivity contribution in [2.24, 2.45) is 0 Å². The van der Waals surface area contributed by atoms with E-state index in [9.17, 15) is 18.3 Å². The first-order chi connectivity index (χ1) is 8.95. The van der Waals surface area contributed by atoms with Crippen LogP contribution in [0.2, 0.25) is 0 Å². The summed E-state index contributed by atoms with van der Waals surface area (Å²) in [5, 5.41) is 9.86. The zero-order valence-electron chi connectivity index (χ0n) is 10.5. The highest BCUT2D eigenvalue weighted by atomic mass is 32.2. The van der Waals surface area contributed by atoms with Gasteiger partial charge in [-0.3, -0.25) is 9.10 Å². The maximum absolute atomic E-state index is 12.2. The Balaban J connectivity index is 2.41. The van der Waals surface area contributed by atoms with Crippen LogP contribution in [0.5, 0.6) is 5.75 Å². The first kappa shape index (κ1) is 13.7. The van der Waals surface area contributed by atoms with E-state index in [1.165, 1.54) is 6.07 Å². The number of methoxy groups -OCH3 is 1. The molecule has 1 aliphatic rings. The molecule has 0 amide bonds. The van der Waals surface area contributed by atoms with Crippen molar-refractivity contribution in [3.05, 3.63) is 23.8 Å². The second-order valence-corrected chi connectivity index (χ2v) is 6.19. The quantitative estimate of drug-likeness (QED) is 0.824. The number of aryl methyl sites for hydroxylation is 1. The van der Waals surface area contributed by atoms with Crippen molar-refractivity contribution in [3.63, 3.8) is 0 Å². The monoisotopic (exact) mass is 285 g/mol. The number of phenols is 1. The summed E-state index contributed by atoms with van der Waals surface area (Å²) in [6.45, 7) is 0.254. The van der Waals surface area contributed by atoms with E-state index in [0.717, 1.165) is 17.0 Å². The van der Waals surface area contributed by atoms with E-state index in [4.69, 9.17) is 0 Å². The van der Waals surface area contributed by atoms with E-state index in [1.807, 2.05) is 0 Å². The Labute approximate surface area is 111 Å². The first-order valence-corrected chi connectivity index (χ1v) is 7.44. The predicted octanol–water partition coefficient (Wildman–Crippen LogP) is 0.648. The van der Waals surface area contributed by atoms with Crippen LogP contribution in [0.15, 0.2) is 18.2 Å². The summed E-state index contributed by atoms with van der Waals surface area (Å²) in [7, 11) is -2.69. The third-order valence-corrected chi connectivity index (χ3v) is 4.66. The molecule has 0 spiro atoms. The molecule has 0 bridgehead atoms. The lowest BCUT2D eigenvalue weighted by atomic mass is 10.0. The number of phenolic OH excluding ortho intramolecular Hbond substituents is 1. The van der Waals surface area contributed by atoms with Crippen LogP contribution in [0.3, 0.4) is 0 Å². The highest BCUT2D eigenvalue weighted by Crippen LogP contribution is 2.37. The Morgan fingerprint density at radius 3 is 2.89 bits per heavy atom. The minimum Gasteiger partial charge on any atom is -0.506 e. The Kier molecular flexibility index (Phi) is 3.66. The van der Waals surface area contributed by atoms with Crippen LogP contribution < -0.4 is 4.31 Å². The van der Waals surface area contributed by atoms with E-state index >= 15 is 0 Å². The number of para-hydroxylation sites is 1. The zero-order chi connectivity index (χ0) is 14.0. The van der Waals surface area contributed by atoms with Gasteiger partial charge in [0.25, 0.3) is 0 Å². The number of esters is 1. The van der Waals surface area contributed by atoms with E-state index in [0.29, 0.717) is 12.8 Å². The van der Waals surface area contributed by atoms with Gasteiger partial charge in [-0.05, 0) is 24.5 Å². The third-order valence-electron chi connectivity index (χ3n) is 3.02. The van der Waals surface area contributed by atoms with Gasteiger partial charge in [-0.2, -0.15) is 0 Å². The summed E-state index contributed by atoms with van der Waals surface area (Å²) in [6.07, 6.45) is 1.35. The summed E-state index contributed by atoms with van der Waals surface area (Å²) in [5.41, 5.74) is 1.04. The Morgan fingerprint density at radius 1 is 1.47 bits per heavy atom. The molecule has 0 aromatic heterocycles. The van der Waals surface area contributed by atoms with Crippen LogP contribution in [0, 0.1) is 0 Å². The van der Waals surface area contributed by atoms with Crippen LogP contribution in [0.4, 0.5) is 5.69 Å². The van der Waals surface area contributed by atoms with Crippen molar-refractivity contribution >= 4 is 21.7 Å². The first-order valence-electron chi connectivity index (χ1n) is 5.84. The standard InChI is InChI=1S/C12H15NO5S/c1-18-11(15)8-19(16,17)13-7-3-5-9-4-2-6-10(14)12(9)13/h2,4,6,14H,3,5,7-8H2,1H3. The fourth-order valence-corrected chi connectivity index (χ4v) is 3.62. The molecule has 1 N–H and O–H groups in total. The van der Waals surface area contributed by atoms with Crippen LogP contribution in [0.1, 0.15) is 12.0 Å². The molecule has 1 aromatic carbocycles. The topological polar surface area (TPSA) is 83.9 Å². The summed E-state index contributed by atoms with van der Waals surface area (Å²) in [4.78, 5) is 11.2. The van der Waals surface area contributed by atoms with Gasteiger partial charge in [-0.15, -0.1) is 0 Å². The number of rotatable bonds is 3. The van der Waals surface area contributed by atoms with Crippen LogP contribution in [-0.2, 0) is 26.0 Å². The fraction of sp³-hybridized carbons (Fsp3) is 0.417. The number of fused-ring (bicyclic) bond motifs is 1. The second kappa shape index (κ2) is 5.08. The van der Waals surface area contributed by atoms with Crippen LogP contribution >= 0.6 is 0 Å². The molecule has 0 atom stereocenters. The van der Waals surface area contributed by atoms with Gasteiger partial charge >= 0.3 is 5.97 Å². The van der Waals surface area contributed by atoms with Crippen LogP contribution in [-0.4, -0.2) is 38.9 Å². The fourth-order valence-electron chi connectivity index (χ4n) is 2.16. The molecular formula is C12H15NO5S. The van der Waals surface area contributed by atoms with Crippen molar-refractivity contribution in [3.8, 4) is 5.75 Å². The number of ether oxygens (including phenoxy) is 1. The molecule has 2 rings (SSSR count). The van der Waals surface area contributed by atoms with E-state index in [-0.39, 0.29) is 18.0 Å². The van der Waals surface area contributed by atoms with E-state index in [1.54, 1.807) is 12.1 Å². The SMILES string of the molecule is COC(=O)CS(=O)(=O)N1CCCc2cccc(O)c21. The minimum atomic E-state index is -3.83. The number of hydrogen-bond donors (Lipinski definition) is 1. The molecular weight excluding hydrogens is 270 g/mol. The molecule has 1 heterocycles. The average molecular weight is 285 g/mol. The number of benzene rings is 1. The van der Waals surface area contributed by atoms with Crippen molar-refractivity contribution in [1.82, 2.24) is 0 Å².